The lowest BCUT2D eigenvalue weighted by molar-refractivity contribution is -0.290. The highest BCUT2D eigenvalue weighted by molar-refractivity contribution is 5.67. The van der Waals surface area contributed by atoms with Crippen LogP contribution >= 0.6 is 0 Å². The van der Waals surface area contributed by atoms with E-state index in [-0.39, 0.29) is 18.6 Å². The monoisotopic (exact) mass is 276 g/mol. The smallest absolute Gasteiger partial charge is 0.305 e. The molecule has 1 heterocycles. The van der Waals surface area contributed by atoms with Crippen molar-refractivity contribution in [3.05, 3.63) is 42.0 Å². The summed E-state index contributed by atoms with van der Waals surface area (Å²) in [5, 5.41) is 8.89. The molecule has 0 saturated carbocycles. The van der Waals surface area contributed by atoms with Crippen molar-refractivity contribution in [3.63, 3.8) is 0 Å². The lowest BCUT2D eigenvalue weighted by atomic mass is 10.0. The highest BCUT2D eigenvalue weighted by Gasteiger charge is 2.35. The number of rotatable bonds is 4. The predicted octanol–water partition coefficient (Wildman–Crippen LogP) is 3.08. The average Bonchev–Trinajstić information content (AvgIpc) is 2.35. The molecule has 2 rings (SSSR count). The van der Waals surface area contributed by atoms with Crippen molar-refractivity contribution in [3.8, 4) is 0 Å². The molecule has 0 amide bonds. The second kappa shape index (κ2) is 6.20. The standard InChI is InChI=1S/C16H20O4/c1-16(2)19-13(10-14(20-16)11-15(17)18)9-8-12-6-4-3-5-7-12/h3-9,13-14H,10-11H2,1-2H3,(H,17,18). The molecule has 1 saturated heterocycles. The normalized spacial score (nSPS) is 25.7. The van der Waals surface area contributed by atoms with Crippen LogP contribution in [0, 0.1) is 0 Å². The Labute approximate surface area is 119 Å². The highest BCUT2D eigenvalue weighted by atomic mass is 16.7. The van der Waals surface area contributed by atoms with Crippen LogP contribution in [-0.4, -0.2) is 29.1 Å². The molecule has 20 heavy (non-hydrogen) atoms. The molecule has 4 nitrogen and oxygen atoms in total. The van der Waals surface area contributed by atoms with Gasteiger partial charge in [0.2, 0.25) is 0 Å². The third-order valence-electron chi connectivity index (χ3n) is 3.09. The molecule has 0 radical (unpaired) electrons. The Bertz CT molecular complexity index is 479. The van der Waals surface area contributed by atoms with E-state index in [0.717, 1.165) is 5.56 Å². The molecule has 1 aromatic rings. The van der Waals surface area contributed by atoms with E-state index >= 15 is 0 Å². The van der Waals surface area contributed by atoms with Gasteiger partial charge in [0, 0.05) is 6.42 Å². The first-order chi connectivity index (χ1) is 9.44. The van der Waals surface area contributed by atoms with E-state index in [4.69, 9.17) is 14.6 Å². The van der Waals surface area contributed by atoms with Gasteiger partial charge in [-0.05, 0) is 19.4 Å². The minimum absolute atomic E-state index is 0.00245. The zero-order valence-corrected chi connectivity index (χ0v) is 11.8. The SMILES string of the molecule is CC1(C)OC(C=Cc2ccccc2)CC(CC(=O)O)O1. The van der Waals surface area contributed by atoms with E-state index in [1.807, 2.05) is 56.3 Å². The fourth-order valence-electron chi connectivity index (χ4n) is 2.37. The van der Waals surface area contributed by atoms with Crippen molar-refractivity contribution in [1.82, 2.24) is 0 Å². The van der Waals surface area contributed by atoms with Gasteiger partial charge in [0.15, 0.2) is 5.79 Å². The fraction of sp³-hybridized carbons (Fsp3) is 0.438. The average molecular weight is 276 g/mol. The largest absolute Gasteiger partial charge is 0.481 e. The Morgan fingerprint density at radius 2 is 2.05 bits per heavy atom. The minimum atomic E-state index is -0.849. The maximum atomic E-state index is 10.8. The van der Waals surface area contributed by atoms with Gasteiger partial charge in [-0.15, -0.1) is 0 Å². The summed E-state index contributed by atoms with van der Waals surface area (Å²) in [5.41, 5.74) is 1.09. The molecule has 1 aliphatic rings. The molecular formula is C16H20O4. The predicted molar refractivity (Wildman–Crippen MR) is 76.2 cm³/mol. The number of ether oxygens (including phenoxy) is 2. The van der Waals surface area contributed by atoms with Gasteiger partial charge in [-0.25, -0.2) is 0 Å². The molecule has 0 aliphatic carbocycles. The number of carbonyl (C=O) groups is 1. The lowest BCUT2D eigenvalue weighted by Gasteiger charge is -2.39. The maximum Gasteiger partial charge on any atom is 0.305 e. The summed E-state index contributed by atoms with van der Waals surface area (Å²) in [4.78, 5) is 10.8. The van der Waals surface area contributed by atoms with Crippen molar-refractivity contribution < 1.29 is 19.4 Å². The minimum Gasteiger partial charge on any atom is -0.481 e. The summed E-state index contributed by atoms with van der Waals surface area (Å²) in [7, 11) is 0. The summed E-state index contributed by atoms with van der Waals surface area (Å²) < 4.78 is 11.4. The summed E-state index contributed by atoms with van der Waals surface area (Å²) in [6.07, 6.45) is 4.06. The molecule has 0 aromatic heterocycles. The Hall–Kier alpha value is -1.65. The zero-order chi connectivity index (χ0) is 14.6. The first kappa shape index (κ1) is 14.8. The van der Waals surface area contributed by atoms with E-state index in [1.165, 1.54) is 0 Å². The molecule has 0 spiro atoms. The first-order valence-electron chi connectivity index (χ1n) is 6.75. The van der Waals surface area contributed by atoms with Crippen LogP contribution in [0.4, 0.5) is 0 Å². The summed E-state index contributed by atoms with van der Waals surface area (Å²) in [6, 6.07) is 9.93. The molecule has 1 N–H and O–H groups in total. The van der Waals surface area contributed by atoms with Crippen molar-refractivity contribution >= 4 is 12.0 Å². The van der Waals surface area contributed by atoms with E-state index in [1.54, 1.807) is 0 Å². The molecular weight excluding hydrogens is 256 g/mol. The molecule has 1 aliphatic heterocycles. The molecule has 1 aromatic carbocycles. The third-order valence-corrected chi connectivity index (χ3v) is 3.09. The number of carboxylic acid groups (broad SMARTS) is 1. The zero-order valence-electron chi connectivity index (χ0n) is 11.8. The summed E-state index contributed by atoms with van der Waals surface area (Å²) >= 11 is 0. The van der Waals surface area contributed by atoms with E-state index in [0.29, 0.717) is 6.42 Å². The van der Waals surface area contributed by atoms with Crippen molar-refractivity contribution in [2.45, 2.75) is 44.7 Å². The van der Waals surface area contributed by atoms with E-state index in [9.17, 15) is 4.79 Å². The van der Waals surface area contributed by atoms with E-state index in [2.05, 4.69) is 0 Å². The molecule has 0 bridgehead atoms. The quantitative estimate of drug-likeness (QED) is 0.918. The van der Waals surface area contributed by atoms with Crippen LogP contribution in [-0.2, 0) is 14.3 Å². The number of carboxylic acids is 1. The Morgan fingerprint density at radius 1 is 1.35 bits per heavy atom. The summed E-state index contributed by atoms with van der Waals surface area (Å²) in [5.74, 6) is -1.61. The maximum absolute atomic E-state index is 10.8. The van der Waals surface area contributed by atoms with Crippen molar-refractivity contribution in [1.29, 1.82) is 0 Å². The molecule has 2 atom stereocenters. The topological polar surface area (TPSA) is 55.8 Å². The Balaban J connectivity index is 2.03. The van der Waals surface area contributed by atoms with Gasteiger partial charge in [-0.1, -0.05) is 42.5 Å². The Morgan fingerprint density at radius 3 is 2.70 bits per heavy atom. The number of benzene rings is 1. The van der Waals surface area contributed by atoms with Gasteiger partial charge in [0.25, 0.3) is 0 Å². The number of hydrogen-bond acceptors (Lipinski definition) is 3. The van der Waals surface area contributed by atoms with Crippen LogP contribution in [0.1, 0.15) is 32.3 Å². The molecule has 4 heteroatoms. The van der Waals surface area contributed by atoms with E-state index < -0.39 is 11.8 Å². The summed E-state index contributed by atoms with van der Waals surface area (Å²) in [6.45, 7) is 3.62. The van der Waals surface area contributed by atoms with Crippen LogP contribution in [0.25, 0.3) is 6.08 Å². The highest BCUT2D eigenvalue weighted by Crippen LogP contribution is 2.29. The van der Waals surface area contributed by atoms with Gasteiger partial charge in [-0.2, -0.15) is 0 Å². The van der Waals surface area contributed by atoms with Gasteiger partial charge in [0.05, 0.1) is 18.6 Å². The lowest BCUT2D eigenvalue weighted by Crippen LogP contribution is -2.44. The van der Waals surface area contributed by atoms with Crippen molar-refractivity contribution in [2.75, 3.05) is 0 Å². The number of hydrogen-bond donors (Lipinski definition) is 1. The molecule has 108 valence electrons. The van der Waals surface area contributed by atoms with Crippen LogP contribution < -0.4 is 0 Å². The van der Waals surface area contributed by atoms with Crippen LogP contribution in [0.2, 0.25) is 0 Å². The van der Waals surface area contributed by atoms with Gasteiger partial charge >= 0.3 is 5.97 Å². The second-order valence-electron chi connectivity index (χ2n) is 5.40. The Kier molecular flexibility index (Phi) is 4.57. The van der Waals surface area contributed by atoms with Gasteiger partial charge < -0.3 is 14.6 Å². The van der Waals surface area contributed by atoms with Crippen LogP contribution in [0.3, 0.4) is 0 Å². The van der Waals surface area contributed by atoms with Crippen LogP contribution in [0.15, 0.2) is 36.4 Å². The molecule has 1 fully saturated rings. The first-order valence-corrected chi connectivity index (χ1v) is 6.75. The molecule has 2 unspecified atom stereocenters. The van der Waals surface area contributed by atoms with Gasteiger partial charge in [0.1, 0.15) is 0 Å². The third kappa shape index (κ3) is 4.47. The van der Waals surface area contributed by atoms with Crippen molar-refractivity contribution in [2.24, 2.45) is 0 Å². The number of aliphatic carboxylic acids is 1. The second-order valence-corrected chi connectivity index (χ2v) is 5.40. The fourth-order valence-corrected chi connectivity index (χ4v) is 2.37. The van der Waals surface area contributed by atoms with Crippen LogP contribution in [0.5, 0.6) is 0 Å². The van der Waals surface area contributed by atoms with Gasteiger partial charge in [-0.3, -0.25) is 4.79 Å².